The van der Waals surface area contributed by atoms with E-state index >= 15 is 0 Å². The number of nitrogens with zero attached hydrogens (tertiary/aromatic N) is 1. The lowest BCUT2D eigenvalue weighted by Gasteiger charge is -2.12. The second kappa shape index (κ2) is 4.31. The first-order valence-electron chi connectivity index (χ1n) is 5.82. The summed E-state index contributed by atoms with van der Waals surface area (Å²) in [6.07, 6.45) is 2.60. The molecular formula is C13H15N3O. The summed E-state index contributed by atoms with van der Waals surface area (Å²) in [5, 5.41) is 7.14. The highest BCUT2D eigenvalue weighted by Gasteiger charge is 2.27. The Bertz CT molecular complexity index is 495. The third-order valence-electron chi connectivity index (χ3n) is 3.27. The molecule has 2 aromatic rings. The predicted molar refractivity (Wildman–Crippen MR) is 64.1 cm³/mol. The number of nitrogens with two attached hydrogens (primary N) is 1. The summed E-state index contributed by atoms with van der Waals surface area (Å²) in [6, 6.07) is 10.7. The van der Waals surface area contributed by atoms with E-state index in [4.69, 9.17) is 10.3 Å². The van der Waals surface area contributed by atoms with Gasteiger partial charge < -0.3 is 15.6 Å². The van der Waals surface area contributed by atoms with Crippen LogP contribution >= 0.6 is 0 Å². The number of rotatable bonds is 3. The van der Waals surface area contributed by atoms with Crippen molar-refractivity contribution in [3.63, 3.8) is 0 Å². The SMILES string of the molecule is NC1CC(NCc2ccno2)c2ccccc21. The summed E-state index contributed by atoms with van der Waals surface area (Å²) in [5.74, 6) is 0.850. The van der Waals surface area contributed by atoms with Crippen LogP contribution in [0.2, 0.25) is 0 Å². The van der Waals surface area contributed by atoms with Gasteiger partial charge in [-0.05, 0) is 17.5 Å². The van der Waals surface area contributed by atoms with Crippen LogP contribution in [0.5, 0.6) is 0 Å². The summed E-state index contributed by atoms with van der Waals surface area (Å²) >= 11 is 0. The molecule has 0 saturated carbocycles. The maximum Gasteiger partial charge on any atom is 0.150 e. The van der Waals surface area contributed by atoms with Crippen molar-refractivity contribution < 1.29 is 4.52 Å². The first kappa shape index (κ1) is 10.5. The molecule has 1 heterocycles. The highest BCUT2D eigenvalue weighted by Crippen LogP contribution is 2.36. The van der Waals surface area contributed by atoms with Crippen LogP contribution in [0.15, 0.2) is 41.1 Å². The quantitative estimate of drug-likeness (QED) is 0.843. The zero-order chi connectivity index (χ0) is 11.7. The fraction of sp³-hybridized carbons (Fsp3) is 0.308. The average molecular weight is 229 g/mol. The highest BCUT2D eigenvalue weighted by molar-refractivity contribution is 5.37. The lowest BCUT2D eigenvalue weighted by atomic mass is 10.1. The largest absolute Gasteiger partial charge is 0.360 e. The number of hydrogen-bond acceptors (Lipinski definition) is 4. The third-order valence-corrected chi connectivity index (χ3v) is 3.27. The molecule has 0 aliphatic heterocycles. The molecule has 0 saturated heterocycles. The van der Waals surface area contributed by atoms with Crippen molar-refractivity contribution in [2.24, 2.45) is 5.73 Å². The van der Waals surface area contributed by atoms with Crippen LogP contribution in [-0.2, 0) is 6.54 Å². The van der Waals surface area contributed by atoms with E-state index in [0.29, 0.717) is 12.6 Å². The molecule has 2 unspecified atom stereocenters. The van der Waals surface area contributed by atoms with E-state index in [9.17, 15) is 0 Å². The predicted octanol–water partition coefficient (Wildman–Crippen LogP) is 1.91. The molecule has 4 heteroatoms. The third kappa shape index (κ3) is 1.97. The molecular weight excluding hydrogens is 214 g/mol. The van der Waals surface area contributed by atoms with E-state index in [-0.39, 0.29) is 6.04 Å². The lowest BCUT2D eigenvalue weighted by Crippen LogP contribution is -2.19. The molecule has 1 aliphatic rings. The first-order valence-corrected chi connectivity index (χ1v) is 5.82. The number of fused-ring (bicyclic) bond motifs is 1. The fourth-order valence-electron chi connectivity index (χ4n) is 2.42. The Hall–Kier alpha value is -1.65. The molecule has 0 fully saturated rings. The molecule has 0 bridgehead atoms. The van der Waals surface area contributed by atoms with Gasteiger partial charge in [0.25, 0.3) is 0 Å². The van der Waals surface area contributed by atoms with Crippen LogP contribution in [-0.4, -0.2) is 5.16 Å². The van der Waals surface area contributed by atoms with Crippen molar-refractivity contribution in [1.29, 1.82) is 0 Å². The van der Waals surface area contributed by atoms with Crippen LogP contribution in [0.4, 0.5) is 0 Å². The Kier molecular flexibility index (Phi) is 2.66. The summed E-state index contributed by atoms with van der Waals surface area (Å²) in [6.45, 7) is 0.686. The maximum atomic E-state index is 6.11. The van der Waals surface area contributed by atoms with E-state index in [1.54, 1.807) is 6.20 Å². The molecule has 1 aromatic carbocycles. The minimum Gasteiger partial charge on any atom is -0.360 e. The van der Waals surface area contributed by atoms with Gasteiger partial charge in [0.1, 0.15) is 5.76 Å². The minimum absolute atomic E-state index is 0.137. The molecule has 1 aromatic heterocycles. The molecule has 4 nitrogen and oxygen atoms in total. The Morgan fingerprint density at radius 3 is 2.88 bits per heavy atom. The Balaban J connectivity index is 1.73. The molecule has 2 atom stereocenters. The van der Waals surface area contributed by atoms with Gasteiger partial charge in [-0.3, -0.25) is 0 Å². The van der Waals surface area contributed by atoms with Gasteiger partial charge in [0.15, 0.2) is 0 Å². The van der Waals surface area contributed by atoms with Crippen LogP contribution in [0.1, 0.15) is 35.4 Å². The Morgan fingerprint density at radius 1 is 1.29 bits per heavy atom. The van der Waals surface area contributed by atoms with Gasteiger partial charge in [-0.15, -0.1) is 0 Å². The Labute approximate surface area is 99.8 Å². The van der Waals surface area contributed by atoms with Gasteiger partial charge in [0, 0.05) is 18.2 Å². The van der Waals surface area contributed by atoms with Crippen molar-refractivity contribution in [3.8, 4) is 0 Å². The van der Waals surface area contributed by atoms with Gasteiger partial charge in [-0.1, -0.05) is 29.4 Å². The number of hydrogen-bond donors (Lipinski definition) is 2. The molecule has 17 heavy (non-hydrogen) atoms. The van der Waals surface area contributed by atoms with Gasteiger partial charge in [-0.25, -0.2) is 0 Å². The topological polar surface area (TPSA) is 64.1 Å². The molecule has 0 radical (unpaired) electrons. The molecule has 0 amide bonds. The monoisotopic (exact) mass is 229 g/mol. The first-order chi connectivity index (χ1) is 8.34. The molecule has 0 spiro atoms. The van der Waals surface area contributed by atoms with Crippen molar-refractivity contribution >= 4 is 0 Å². The summed E-state index contributed by atoms with van der Waals surface area (Å²) in [7, 11) is 0. The molecule has 3 rings (SSSR count). The fourth-order valence-corrected chi connectivity index (χ4v) is 2.42. The van der Waals surface area contributed by atoms with E-state index in [0.717, 1.165) is 12.2 Å². The maximum absolute atomic E-state index is 6.11. The van der Waals surface area contributed by atoms with E-state index in [1.807, 2.05) is 12.1 Å². The zero-order valence-corrected chi connectivity index (χ0v) is 9.47. The molecule has 3 N–H and O–H groups in total. The summed E-state index contributed by atoms with van der Waals surface area (Å²) in [4.78, 5) is 0. The normalized spacial score (nSPS) is 22.6. The van der Waals surface area contributed by atoms with Gasteiger partial charge in [-0.2, -0.15) is 0 Å². The second-order valence-corrected chi connectivity index (χ2v) is 4.38. The minimum atomic E-state index is 0.137. The van der Waals surface area contributed by atoms with Crippen molar-refractivity contribution in [3.05, 3.63) is 53.4 Å². The number of nitrogens with one attached hydrogen (secondary N) is 1. The van der Waals surface area contributed by atoms with Crippen molar-refractivity contribution in [1.82, 2.24) is 10.5 Å². The van der Waals surface area contributed by atoms with Crippen LogP contribution in [0.25, 0.3) is 0 Å². The zero-order valence-electron chi connectivity index (χ0n) is 9.47. The van der Waals surface area contributed by atoms with Crippen LogP contribution in [0.3, 0.4) is 0 Å². The van der Waals surface area contributed by atoms with Gasteiger partial charge >= 0.3 is 0 Å². The average Bonchev–Trinajstić information content (AvgIpc) is 2.96. The molecule has 1 aliphatic carbocycles. The number of aromatic nitrogens is 1. The number of benzene rings is 1. The second-order valence-electron chi connectivity index (χ2n) is 4.38. The van der Waals surface area contributed by atoms with Gasteiger partial charge in [0.05, 0.1) is 12.7 Å². The smallest absolute Gasteiger partial charge is 0.150 e. The van der Waals surface area contributed by atoms with Crippen molar-refractivity contribution in [2.75, 3.05) is 0 Å². The van der Waals surface area contributed by atoms with E-state index in [1.165, 1.54) is 11.1 Å². The van der Waals surface area contributed by atoms with Crippen LogP contribution < -0.4 is 11.1 Å². The van der Waals surface area contributed by atoms with E-state index < -0.39 is 0 Å². The van der Waals surface area contributed by atoms with Crippen LogP contribution in [0, 0.1) is 0 Å². The van der Waals surface area contributed by atoms with Crippen molar-refractivity contribution in [2.45, 2.75) is 25.0 Å². The summed E-state index contributed by atoms with van der Waals surface area (Å²) in [5.41, 5.74) is 8.67. The lowest BCUT2D eigenvalue weighted by molar-refractivity contribution is 0.361. The Morgan fingerprint density at radius 2 is 2.12 bits per heavy atom. The summed E-state index contributed by atoms with van der Waals surface area (Å²) < 4.78 is 5.06. The molecule has 88 valence electrons. The standard InChI is InChI=1S/C13H15N3O/c14-12-7-13(11-4-2-1-3-10(11)12)15-8-9-5-6-16-17-9/h1-6,12-13,15H,7-8,14H2. The van der Waals surface area contributed by atoms with Gasteiger partial charge in [0.2, 0.25) is 0 Å². The highest BCUT2D eigenvalue weighted by atomic mass is 16.5. The van der Waals surface area contributed by atoms with E-state index in [2.05, 4.69) is 28.7 Å².